The van der Waals surface area contributed by atoms with Crippen LogP contribution >= 0.6 is 0 Å². The minimum atomic E-state index is -1.13. The van der Waals surface area contributed by atoms with E-state index in [2.05, 4.69) is 10.6 Å². The number of hydrogen-bond donors (Lipinski definition) is 4. The van der Waals surface area contributed by atoms with Gasteiger partial charge in [0.25, 0.3) is 0 Å². The van der Waals surface area contributed by atoms with E-state index in [1.165, 1.54) is 0 Å². The van der Waals surface area contributed by atoms with Gasteiger partial charge in [-0.3, -0.25) is 9.59 Å². The molecule has 0 radical (unpaired) electrons. The molecule has 0 aliphatic heterocycles. The van der Waals surface area contributed by atoms with Gasteiger partial charge in [-0.2, -0.15) is 0 Å². The van der Waals surface area contributed by atoms with E-state index < -0.39 is 24.4 Å². The molecule has 0 saturated heterocycles. The highest BCUT2D eigenvalue weighted by Crippen LogP contribution is 1.92. The van der Waals surface area contributed by atoms with Gasteiger partial charge < -0.3 is 20.8 Å². The Balaban J connectivity index is 3.74. The number of carbonyl (C=O) groups is 2. The molecule has 1 atom stereocenters. The molecule has 0 rings (SSSR count). The molecule has 0 fully saturated rings. The Morgan fingerprint density at radius 2 is 1.93 bits per heavy atom. The molecule has 0 saturated carbocycles. The van der Waals surface area contributed by atoms with Crippen molar-refractivity contribution < 1.29 is 19.8 Å². The van der Waals surface area contributed by atoms with Crippen LogP contribution in [0.1, 0.15) is 12.8 Å². The van der Waals surface area contributed by atoms with Gasteiger partial charge in [0.05, 0.1) is 6.42 Å². The number of aliphatic carboxylic acids is 2. The summed E-state index contributed by atoms with van der Waals surface area (Å²) in [5, 5.41) is 22.6. The second-order valence-electron chi connectivity index (χ2n) is 2.90. The topological polar surface area (TPSA) is 98.7 Å². The second-order valence-corrected chi connectivity index (χ2v) is 2.90. The lowest BCUT2D eigenvalue weighted by Crippen LogP contribution is -2.39. The Morgan fingerprint density at radius 1 is 1.29 bits per heavy atom. The Morgan fingerprint density at radius 3 is 2.36 bits per heavy atom. The van der Waals surface area contributed by atoms with Crippen molar-refractivity contribution in [3.05, 3.63) is 0 Å². The summed E-state index contributed by atoms with van der Waals surface area (Å²) in [6.07, 6.45) is 0.370. The zero-order chi connectivity index (χ0) is 11.0. The van der Waals surface area contributed by atoms with Crippen molar-refractivity contribution >= 4 is 11.9 Å². The van der Waals surface area contributed by atoms with E-state index in [0.717, 1.165) is 13.0 Å². The van der Waals surface area contributed by atoms with Crippen LogP contribution in [0.5, 0.6) is 0 Å². The predicted molar refractivity (Wildman–Crippen MR) is 50.2 cm³/mol. The van der Waals surface area contributed by atoms with Gasteiger partial charge in [-0.15, -0.1) is 0 Å². The van der Waals surface area contributed by atoms with Crippen LogP contribution in [0, 0.1) is 0 Å². The standard InChI is InChI=1S/C8H16N2O4/c1-9-3-2-4-10-6(8(13)14)5-7(11)12/h6,9-10H,2-5H2,1H3,(H,11,12)(H,13,14). The highest BCUT2D eigenvalue weighted by Gasteiger charge is 2.19. The SMILES string of the molecule is CNCCCNC(CC(=O)O)C(=O)O. The minimum absolute atomic E-state index is 0.394. The molecule has 82 valence electrons. The first-order chi connectivity index (χ1) is 6.57. The summed E-state index contributed by atoms with van der Waals surface area (Å²) in [4.78, 5) is 20.8. The summed E-state index contributed by atoms with van der Waals surface area (Å²) in [5.41, 5.74) is 0. The summed E-state index contributed by atoms with van der Waals surface area (Å²) in [5.74, 6) is -2.24. The molecule has 0 aromatic rings. The number of hydrogen-bond acceptors (Lipinski definition) is 4. The van der Waals surface area contributed by atoms with Crippen molar-refractivity contribution in [2.24, 2.45) is 0 Å². The lowest BCUT2D eigenvalue weighted by atomic mass is 10.2. The Kier molecular flexibility index (Phi) is 6.69. The highest BCUT2D eigenvalue weighted by atomic mass is 16.4. The van der Waals surface area contributed by atoms with E-state index in [1.807, 2.05) is 0 Å². The molecule has 0 bridgehead atoms. The maximum atomic E-state index is 10.6. The van der Waals surface area contributed by atoms with Gasteiger partial charge in [-0.1, -0.05) is 0 Å². The van der Waals surface area contributed by atoms with Crippen LogP contribution in [0.15, 0.2) is 0 Å². The largest absolute Gasteiger partial charge is 0.481 e. The zero-order valence-corrected chi connectivity index (χ0v) is 8.12. The van der Waals surface area contributed by atoms with E-state index in [4.69, 9.17) is 10.2 Å². The van der Waals surface area contributed by atoms with Crippen molar-refractivity contribution in [2.45, 2.75) is 18.9 Å². The maximum absolute atomic E-state index is 10.6. The van der Waals surface area contributed by atoms with Crippen molar-refractivity contribution in [3.63, 3.8) is 0 Å². The lowest BCUT2D eigenvalue weighted by Gasteiger charge is -2.11. The van der Waals surface area contributed by atoms with Crippen LogP contribution in [0.3, 0.4) is 0 Å². The van der Waals surface area contributed by atoms with Crippen LogP contribution in [-0.4, -0.2) is 48.3 Å². The van der Waals surface area contributed by atoms with Crippen LogP contribution in [0.2, 0.25) is 0 Å². The van der Waals surface area contributed by atoms with E-state index in [-0.39, 0.29) is 0 Å². The van der Waals surface area contributed by atoms with Gasteiger partial charge >= 0.3 is 11.9 Å². The van der Waals surface area contributed by atoms with Crippen molar-refractivity contribution in [1.82, 2.24) is 10.6 Å². The Labute approximate surface area is 82.3 Å². The molecule has 0 aromatic heterocycles. The van der Waals surface area contributed by atoms with Crippen molar-refractivity contribution in [3.8, 4) is 0 Å². The van der Waals surface area contributed by atoms with Gasteiger partial charge in [-0.05, 0) is 26.6 Å². The first-order valence-corrected chi connectivity index (χ1v) is 4.40. The van der Waals surface area contributed by atoms with Gasteiger partial charge in [0.1, 0.15) is 6.04 Å². The van der Waals surface area contributed by atoms with E-state index in [0.29, 0.717) is 6.54 Å². The molecule has 6 nitrogen and oxygen atoms in total. The molecule has 1 unspecified atom stereocenters. The molecular weight excluding hydrogens is 188 g/mol. The average Bonchev–Trinajstić information content (AvgIpc) is 2.09. The fraction of sp³-hybridized carbons (Fsp3) is 0.750. The minimum Gasteiger partial charge on any atom is -0.481 e. The maximum Gasteiger partial charge on any atom is 0.321 e. The van der Waals surface area contributed by atoms with E-state index in [1.54, 1.807) is 7.05 Å². The molecule has 0 aliphatic rings. The summed E-state index contributed by atoms with van der Waals surface area (Å²) in [6.45, 7) is 1.26. The molecule has 0 aliphatic carbocycles. The first-order valence-electron chi connectivity index (χ1n) is 4.40. The number of rotatable bonds is 8. The van der Waals surface area contributed by atoms with Crippen molar-refractivity contribution in [2.75, 3.05) is 20.1 Å². The third kappa shape index (κ3) is 6.38. The van der Waals surface area contributed by atoms with Gasteiger partial charge in [0.2, 0.25) is 0 Å². The number of carboxylic acid groups (broad SMARTS) is 2. The molecule has 6 heteroatoms. The fourth-order valence-corrected chi connectivity index (χ4v) is 0.963. The molecule has 14 heavy (non-hydrogen) atoms. The monoisotopic (exact) mass is 204 g/mol. The predicted octanol–water partition coefficient (Wildman–Crippen LogP) is -0.887. The summed E-state index contributed by atoms with van der Waals surface area (Å²) in [6, 6.07) is -0.996. The lowest BCUT2D eigenvalue weighted by molar-refractivity contribution is -0.145. The summed E-state index contributed by atoms with van der Waals surface area (Å²) in [7, 11) is 1.80. The average molecular weight is 204 g/mol. The van der Waals surface area contributed by atoms with Crippen LogP contribution < -0.4 is 10.6 Å². The third-order valence-corrected chi connectivity index (χ3v) is 1.67. The number of nitrogens with one attached hydrogen (secondary N) is 2. The van der Waals surface area contributed by atoms with Gasteiger partial charge in [0, 0.05) is 0 Å². The summed E-state index contributed by atoms with van der Waals surface area (Å²) >= 11 is 0. The zero-order valence-electron chi connectivity index (χ0n) is 8.12. The van der Waals surface area contributed by atoms with Gasteiger partial charge in [0.15, 0.2) is 0 Å². The normalized spacial score (nSPS) is 12.4. The van der Waals surface area contributed by atoms with Gasteiger partial charge in [-0.25, -0.2) is 0 Å². The third-order valence-electron chi connectivity index (χ3n) is 1.67. The Bertz CT molecular complexity index is 196. The molecule has 4 N–H and O–H groups in total. The van der Waals surface area contributed by atoms with E-state index >= 15 is 0 Å². The molecule has 0 spiro atoms. The van der Waals surface area contributed by atoms with Crippen LogP contribution in [0.4, 0.5) is 0 Å². The summed E-state index contributed by atoms with van der Waals surface area (Å²) < 4.78 is 0. The van der Waals surface area contributed by atoms with E-state index in [9.17, 15) is 9.59 Å². The molecule has 0 heterocycles. The second kappa shape index (κ2) is 7.28. The van der Waals surface area contributed by atoms with Crippen molar-refractivity contribution in [1.29, 1.82) is 0 Å². The Hall–Kier alpha value is -1.14. The molecular formula is C8H16N2O4. The smallest absolute Gasteiger partial charge is 0.321 e. The first kappa shape index (κ1) is 12.9. The molecule has 0 aromatic carbocycles. The van der Waals surface area contributed by atoms with Crippen LogP contribution in [0.25, 0.3) is 0 Å². The molecule has 0 amide bonds. The fourth-order valence-electron chi connectivity index (χ4n) is 0.963. The quantitative estimate of drug-likeness (QED) is 0.383. The number of carboxylic acids is 2. The highest BCUT2D eigenvalue weighted by molar-refractivity contribution is 5.80. The van der Waals surface area contributed by atoms with Crippen LogP contribution in [-0.2, 0) is 9.59 Å².